The van der Waals surface area contributed by atoms with Crippen LogP contribution in [0.5, 0.6) is 0 Å². The second-order valence-corrected chi connectivity index (χ2v) is 16.3. The number of fused-ring (bicyclic) bond motifs is 4. The molecule has 0 radical (unpaired) electrons. The highest BCUT2D eigenvalue weighted by Crippen LogP contribution is 2.40. The molecule has 0 spiro atoms. The van der Waals surface area contributed by atoms with Crippen molar-refractivity contribution in [2.24, 2.45) is 0 Å². The Hall–Kier alpha value is -8.80. The normalized spacial score (nSPS) is 11.4. The van der Waals surface area contributed by atoms with Crippen LogP contribution in [0, 0.1) is 0 Å². The van der Waals surface area contributed by atoms with Crippen LogP contribution in [-0.2, 0) is 0 Å². The Kier molecular flexibility index (Phi) is 9.42. The molecule has 12 rings (SSSR count). The molecule has 0 unspecified atom stereocenters. The van der Waals surface area contributed by atoms with Crippen molar-refractivity contribution in [3.8, 4) is 56.2 Å². The fraction of sp³-hybridized carbons (Fsp3) is 0. The molecular formula is C60H39N5. The van der Waals surface area contributed by atoms with E-state index in [4.69, 9.17) is 19.9 Å². The first-order valence-corrected chi connectivity index (χ1v) is 21.9. The minimum absolute atomic E-state index is 0.840. The summed E-state index contributed by atoms with van der Waals surface area (Å²) in [5, 5.41) is 4.71. The summed E-state index contributed by atoms with van der Waals surface area (Å²) in [5.74, 6) is 0. The summed E-state index contributed by atoms with van der Waals surface area (Å²) in [6.45, 7) is 0. The van der Waals surface area contributed by atoms with Crippen LogP contribution in [-0.4, -0.2) is 19.9 Å². The van der Waals surface area contributed by atoms with Crippen LogP contribution in [0.3, 0.4) is 0 Å². The van der Waals surface area contributed by atoms with E-state index in [1.807, 2.05) is 48.5 Å². The van der Waals surface area contributed by atoms with Crippen LogP contribution in [0.2, 0.25) is 0 Å². The van der Waals surface area contributed by atoms with Crippen LogP contribution in [0.25, 0.3) is 99.8 Å². The van der Waals surface area contributed by atoms with Crippen LogP contribution in [0.1, 0.15) is 0 Å². The topological polar surface area (TPSA) is 54.8 Å². The molecule has 0 bridgehead atoms. The third kappa shape index (κ3) is 7.21. The van der Waals surface area contributed by atoms with Crippen molar-refractivity contribution < 1.29 is 0 Å². The van der Waals surface area contributed by atoms with Crippen LogP contribution >= 0.6 is 0 Å². The van der Waals surface area contributed by atoms with E-state index in [9.17, 15) is 0 Å². The lowest BCUT2D eigenvalue weighted by molar-refractivity contribution is 1.27. The van der Waals surface area contributed by atoms with Gasteiger partial charge in [-0.1, -0.05) is 164 Å². The lowest BCUT2D eigenvalue weighted by Gasteiger charge is -2.26. The summed E-state index contributed by atoms with van der Waals surface area (Å²) < 4.78 is 0. The maximum Gasteiger partial charge on any atom is 0.0973 e. The van der Waals surface area contributed by atoms with Crippen LogP contribution in [0.4, 0.5) is 17.1 Å². The van der Waals surface area contributed by atoms with Gasteiger partial charge >= 0.3 is 0 Å². The maximum atomic E-state index is 5.25. The molecule has 0 fully saturated rings. The van der Waals surface area contributed by atoms with Gasteiger partial charge < -0.3 is 4.90 Å². The van der Waals surface area contributed by atoms with Crippen molar-refractivity contribution in [1.82, 2.24) is 19.9 Å². The van der Waals surface area contributed by atoms with Gasteiger partial charge in [0.15, 0.2) is 0 Å². The average Bonchev–Trinajstić information content (AvgIpc) is 3.38. The number of nitrogens with zero attached hydrogens (tertiary/aromatic N) is 5. The molecule has 5 heteroatoms. The fourth-order valence-corrected chi connectivity index (χ4v) is 8.90. The van der Waals surface area contributed by atoms with E-state index in [0.29, 0.717) is 0 Å². The third-order valence-electron chi connectivity index (χ3n) is 12.2. The SMILES string of the molecule is c1ccc(-c2ccc(N(c3ccc(-c4nc5ccccc5nc4-c4ccc5ccccc5c4)cc3)c3ccc(-c4nc5ccccc5nc4-c4ccc5ccccc5c4)cc3)cc2)cc1. The second-order valence-electron chi connectivity index (χ2n) is 16.3. The second kappa shape index (κ2) is 16.2. The highest BCUT2D eigenvalue weighted by Gasteiger charge is 2.19. The molecule has 0 aliphatic carbocycles. The number of anilines is 3. The molecule has 0 saturated carbocycles. The third-order valence-corrected chi connectivity index (χ3v) is 12.2. The first kappa shape index (κ1) is 37.9. The Balaban J connectivity index is 0.963. The van der Waals surface area contributed by atoms with Gasteiger partial charge in [0.05, 0.1) is 44.8 Å². The Morgan fingerprint density at radius 2 is 0.508 bits per heavy atom. The maximum absolute atomic E-state index is 5.25. The molecule has 0 saturated heterocycles. The van der Waals surface area contributed by atoms with Gasteiger partial charge in [0, 0.05) is 39.3 Å². The lowest BCUT2D eigenvalue weighted by atomic mass is 9.99. The monoisotopic (exact) mass is 829 g/mol. The first-order chi connectivity index (χ1) is 32.2. The molecule has 65 heavy (non-hydrogen) atoms. The lowest BCUT2D eigenvalue weighted by Crippen LogP contribution is -2.10. The van der Waals surface area contributed by atoms with Gasteiger partial charge in [0.2, 0.25) is 0 Å². The van der Waals surface area contributed by atoms with E-state index < -0.39 is 0 Å². The van der Waals surface area contributed by atoms with E-state index in [-0.39, 0.29) is 0 Å². The Bertz CT molecular complexity index is 3490. The number of rotatable bonds is 8. The van der Waals surface area contributed by atoms with E-state index in [1.165, 1.54) is 27.1 Å². The van der Waals surface area contributed by atoms with Crippen molar-refractivity contribution in [1.29, 1.82) is 0 Å². The zero-order valence-electron chi connectivity index (χ0n) is 35.3. The predicted molar refractivity (Wildman–Crippen MR) is 270 cm³/mol. The summed E-state index contributed by atoms with van der Waals surface area (Å²) in [7, 11) is 0. The number of hydrogen-bond donors (Lipinski definition) is 0. The van der Waals surface area contributed by atoms with Crippen molar-refractivity contribution in [2.45, 2.75) is 0 Å². The minimum atomic E-state index is 0.840. The average molecular weight is 830 g/mol. The highest BCUT2D eigenvalue weighted by molar-refractivity contribution is 5.94. The Morgan fingerprint density at radius 1 is 0.215 bits per heavy atom. The molecular weight excluding hydrogens is 791 g/mol. The van der Waals surface area contributed by atoms with E-state index >= 15 is 0 Å². The number of benzene rings is 10. The molecule has 2 heterocycles. The highest BCUT2D eigenvalue weighted by atomic mass is 15.1. The van der Waals surface area contributed by atoms with E-state index in [2.05, 4.69) is 193 Å². The largest absolute Gasteiger partial charge is 0.311 e. The molecule has 0 atom stereocenters. The van der Waals surface area contributed by atoms with Gasteiger partial charge in [-0.15, -0.1) is 0 Å². The summed E-state index contributed by atoms with van der Waals surface area (Å²) in [6.07, 6.45) is 0. The molecule has 0 aliphatic heterocycles. The fourth-order valence-electron chi connectivity index (χ4n) is 8.90. The van der Waals surface area contributed by atoms with Gasteiger partial charge in [-0.2, -0.15) is 0 Å². The van der Waals surface area contributed by atoms with Gasteiger partial charge in [-0.05, 0) is 105 Å². The molecule has 0 aliphatic rings. The number of para-hydroxylation sites is 4. The number of hydrogen-bond acceptors (Lipinski definition) is 5. The summed E-state index contributed by atoms with van der Waals surface area (Å²) >= 11 is 0. The van der Waals surface area contributed by atoms with Crippen LogP contribution < -0.4 is 4.90 Å². The van der Waals surface area contributed by atoms with E-state index in [1.54, 1.807) is 0 Å². The molecule has 0 N–H and O–H groups in total. The standard InChI is InChI=1S/C60H39N5/c1-2-12-40(13-3-1)43-26-32-50(33-27-43)65(51-34-28-44(29-35-51)57-59(63-55-20-10-8-18-53(55)61-57)48-24-22-41-14-4-6-16-46(41)38-48)52-36-30-45(31-37-52)58-60(64-56-21-11-9-19-54(56)62-58)49-25-23-42-15-5-7-17-47(42)39-49/h1-39H. The zero-order chi connectivity index (χ0) is 43.1. The van der Waals surface area contributed by atoms with Gasteiger partial charge in [-0.3, -0.25) is 0 Å². The van der Waals surface area contributed by atoms with Crippen molar-refractivity contribution in [3.63, 3.8) is 0 Å². The quantitative estimate of drug-likeness (QED) is 0.153. The molecule has 304 valence electrons. The van der Waals surface area contributed by atoms with Gasteiger partial charge in [0.1, 0.15) is 0 Å². The van der Waals surface area contributed by atoms with E-state index in [0.717, 1.165) is 89.7 Å². The molecule has 0 amide bonds. The first-order valence-electron chi connectivity index (χ1n) is 21.9. The Labute approximate surface area is 376 Å². The molecule has 5 nitrogen and oxygen atoms in total. The number of aromatic nitrogens is 4. The summed E-state index contributed by atoms with van der Waals surface area (Å²) in [4.78, 5) is 23.2. The van der Waals surface area contributed by atoms with Gasteiger partial charge in [0.25, 0.3) is 0 Å². The smallest absolute Gasteiger partial charge is 0.0973 e. The van der Waals surface area contributed by atoms with Crippen molar-refractivity contribution >= 4 is 60.7 Å². The predicted octanol–water partition coefficient (Wildman–Crippen LogP) is 15.7. The molecule has 12 aromatic rings. The summed E-state index contributed by atoms with van der Waals surface area (Å²) in [6, 6.07) is 82.8. The van der Waals surface area contributed by atoms with Gasteiger partial charge in [-0.25, -0.2) is 19.9 Å². The Morgan fingerprint density at radius 3 is 0.908 bits per heavy atom. The van der Waals surface area contributed by atoms with Crippen molar-refractivity contribution in [2.75, 3.05) is 4.90 Å². The minimum Gasteiger partial charge on any atom is -0.311 e. The van der Waals surface area contributed by atoms with Crippen molar-refractivity contribution in [3.05, 3.63) is 237 Å². The molecule has 2 aromatic heterocycles. The van der Waals surface area contributed by atoms with Crippen LogP contribution in [0.15, 0.2) is 237 Å². The molecule has 10 aromatic carbocycles. The zero-order valence-corrected chi connectivity index (χ0v) is 35.3. The summed E-state index contributed by atoms with van der Waals surface area (Å²) in [5.41, 5.74) is 16.3.